The molecular formula is C12H20N2O3S. The van der Waals surface area contributed by atoms with Crippen LogP contribution in [-0.2, 0) is 20.7 Å². The van der Waals surface area contributed by atoms with E-state index in [1.54, 1.807) is 6.92 Å². The largest absolute Gasteiger partial charge is 0.466 e. The zero-order valence-electron chi connectivity index (χ0n) is 11.1. The SMILES string of the molecule is CCOC(=O)Cc1csc(NCCOC(C)C)n1. The lowest BCUT2D eigenvalue weighted by molar-refractivity contribution is -0.142. The molecule has 0 amide bonds. The number of anilines is 1. The summed E-state index contributed by atoms with van der Waals surface area (Å²) in [5.74, 6) is -0.238. The van der Waals surface area contributed by atoms with Crippen LogP contribution in [0.4, 0.5) is 5.13 Å². The molecule has 0 spiro atoms. The molecule has 0 aliphatic rings. The molecule has 0 fully saturated rings. The molecule has 102 valence electrons. The maximum Gasteiger partial charge on any atom is 0.311 e. The Balaban J connectivity index is 2.27. The molecule has 0 atom stereocenters. The third-order valence-corrected chi connectivity index (χ3v) is 2.86. The molecule has 1 aromatic heterocycles. The number of nitrogens with one attached hydrogen (secondary N) is 1. The number of thiazole rings is 1. The summed E-state index contributed by atoms with van der Waals surface area (Å²) < 4.78 is 10.3. The maximum atomic E-state index is 11.3. The van der Waals surface area contributed by atoms with Crippen molar-refractivity contribution in [3.63, 3.8) is 0 Å². The quantitative estimate of drug-likeness (QED) is 0.580. The van der Waals surface area contributed by atoms with Gasteiger partial charge in [-0.15, -0.1) is 11.3 Å². The molecule has 0 aromatic carbocycles. The maximum absolute atomic E-state index is 11.3. The van der Waals surface area contributed by atoms with Gasteiger partial charge in [0.05, 0.1) is 31.4 Å². The standard InChI is InChI=1S/C12H20N2O3S/c1-4-16-11(15)7-10-8-18-12(14-10)13-5-6-17-9(2)3/h8-9H,4-7H2,1-3H3,(H,13,14). The van der Waals surface area contributed by atoms with Crippen molar-refractivity contribution in [3.05, 3.63) is 11.1 Å². The van der Waals surface area contributed by atoms with Crippen molar-refractivity contribution in [1.29, 1.82) is 0 Å². The Bertz CT molecular complexity index is 366. The molecule has 18 heavy (non-hydrogen) atoms. The molecule has 0 saturated carbocycles. The van der Waals surface area contributed by atoms with E-state index in [2.05, 4.69) is 10.3 Å². The van der Waals surface area contributed by atoms with Crippen LogP contribution in [0, 0.1) is 0 Å². The summed E-state index contributed by atoms with van der Waals surface area (Å²) in [6.07, 6.45) is 0.469. The van der Waals surface area contributed by atoms with Gasteiger partial charge in [0.1, 0.15) is 0 Å². The first-order chi connectivity index (χ1) is 8.61. The van der Waals surface area contributed by atoms with Crippen LogP contribution in [-0.4, -0.2) is 36.8 Å². The Hall–Kier alpha value is -1.14. The second-order valence-corrected chi connectivity index (χ2v) is 4.83. The molecular weight excluding hydrogens is 252 g/mol. The predicted molar refractivity (Wildman–Crippen MR) is 72.0 cm³/mol. The van der Waals surface area contributed by atoms with E-state index in [4.69, 9.17) is 9.47 Å². The first-order valence-corrected chi connectivity index (χ1v) is 6.95. The lowest BCUT2D eigenvalue weighted by atomic mass is 10.3. The minimum atomic E-state index is -0.238. The van der Waals surface area contributed by atoms with Gasteiger partial charge in [-0.3, -0.25) is 4.79 Å². The van der Waals surface area contributed by atoms with E-state index in [0.29, 0.717) is 19.8 Å². The summed E-state index contributed by atoms with van der Waals surface area (Å²) in [7, 11) is 0. The molecule has 0 unspecified atom stereocenters. The Labute approximate surface area is 112 Å². The van der Waals surface area contributed by atoms with Gasteiger partial charge >= 0.3 is 5.97 Å². The van der Waals surface area contributed by atoms with Crippen LogP contribution in [0.3, 0.4) is 0 Å². The summed E-state index contributed by atoms with van der Waals surface area (Å²) in [5.41, 5.74) is 0.741. The van der Waals surface area contributed by atoms with Gasteiger partial charge in [0.15, 0.2) is 5.13 Å². The van der Waals surface area contributed by atoms with Gasteiger partial charge in [-0.2, -0.15) is 0 Å². The van der Waals surface area contributed by atoms with E-state index in [0.717, 1.165) is 10.8 Å². The molecule has 0 saturated heterocycles. The van der Waals surface area contributed by atoms with E-state index < -0.39 is 0 Å². The highest BCUT2D eigenvalue weighted by molar-refractivity contribution is 7.13. The van der Waals surface area contributed by atoms with Gasteiger partial charge in [-0.05, 0) is 20.8 Å². The highest BCUT2D eigenvalue weighted by Gasteiger charge is 2.07. The number of carbonyl (C=O) groups is 1. The Morgan fingerprint density at radius 2 is 2.33 bits per heavy atom. The van der Waals surface area contributed by atoms with E-state index >= 15 is 0 Å². The molecule has 0 radical (unpaired) electrons. The number of aromatic nitrogens is 1. The summed E-state index contributed by atoms with van der Waals surface area (Å²) >= 11 is 1.48. The second-order valence-electron chi connectivity index (χ2n) is 3.97. The smallest absolute Gasteiger partial charge is 0.311 e. The number of rotatable bonds is 8. The van der Waals surface area contributed by atoms with Crippen molar-refractivity contribution >= 4 is 22.4 Å². The number of esters is 1. The molecule has 1 heterocycles. The van der Waals surface area contributed by atoms with E-state index in [9.17, 15) is 4.79 Å². The average Bonchev–Trinajstić information content (AvgIpc) is 2.72. The zero-order valence-corrected chi connectivity index (χ0v) is 11.9. The van der Waals surface area contributed by atoms with Crippen molar-refractivity contribution in [2.75, 3.05) is 25.1 Å². The average molecular weight is 272 g/mol. The van der Waals surface area contributed by atoms with Crippen LogP contribution in [0.25, 0.3) is 0 Å². The number of carbonyl (C=O) groups excluding carboxylic acids is 1. The summed E-state index contributed by atoms with van der Waals surface area (Å²) in [6.45, 7) is 7.55. The molecule has 1 aromatic rings. The number of hydrogen-bond donors (Lipinski definition) is 1. The molecule has 5 nitrogen and oxygen atoms in total. The molecule has 0 aliphatic heterocycles. The molecule has 6 heteroatoms. The van der Waals surface area contributed by atoms with Crippen LogP contribution < -0.4 is 5.32 Å². The van der Waals surface area contributed by atoms with Crippen molar-refractivity contribution in [3.8, 4) is 0 Å². The van der Waals surface area contributed by atoms with Gasteiger partial charge in [0, 0.05) is 11.9 Å². The van der Waals surface area contributed by atoms with Crippen LogP contribution in [0.5, 0.6) is 0 Å². The third kappa shape index (κ3) is 5.97. The van der Waals surface area contributed by atoms with Gasteiger partial charge in [0.25, 0.3) is 0 Å². The van der Waals surface area contributed by atoms with Crippen LogP contribution in [0.1, 0.15) is 26.5 Å². The highest BCUT2D eigenvalue weighted by Crippen LogP contribution is 2.15. The minimum Gasteiger partial charge on any atom is -0.466 e. The Morgan fingerprint density at radius 3 is 3.00 bits per heavy atom. The van der Waals surface area contributed by atoms with Crippen molar-refractivity contribution < 1.29 is 14.3 Å². The van der Waals surface area contributed by atoms with Crippen molar-refractivity contribution in [2.24, 2.45) is 0 Å². The fourth-order valence-corrected chi connectivity index (χ4v) is 2.02. The summed E-state index contributed by atoms with van der Waals surface area (Å²) in [5, 5.41) is 5.83. The number of nitrogens with zero attached hydrogens (tertiary/aromatic N) is 1. The summed E-state index contributed by atoms with van der Waals surface area (Å²) in [4.78, 5) is 15.6. The van der Waals surface area contributed by atoms with Crippen LogP contribution in [0.2, 0.25) is 0 Å². The fourth-order valence-electron chi connectivity index (χ4n) is 1.28. The molecule has 0 bridgehead atoms. The van der Waals surface area contributed by atoms with Crippen molar-refractivity contribution in [2.45, 2.75) is 33.3 Å². The summed E-state index contributed by atoms with van der Waals surface area (Å²) in [6, 6.07) is 0. The van der Waals surface area contributed by atoms with Crippen LogP contribution in [0.15, 0.2) is 5.38 Å². The fraction of sp³-hybridized carbons (Fsp3) is 0.667. The topological polar surface area (TPSA) is 60.5 Å². The Kier molecular flexibility index (Phi) is 6.67. The molecule has 1 N–H and O–H groups in total. The van der Waals surface area contributed by atoms with Gasteiger partial charge in [-0.25, -0.2) is 4.98 Å². The van der Waals surface area contributed by atoms with Crippen molar-refractivity contribution in [1.82, 2.24) is 4.98 Å². The molecule has 0 aliphatic carbocycles. The highest BCUT2D eigenvalue weighted by atomic mass is 32.1. The molecule has 1 rings (SSSR count). The first-order valence-electron chi connectivity index (χ1n) is 6.07. The van der Waals surface area contributed by atoms with E-state index in [1.165, 1.54) is 11.3 Å². The normalized spacial score (nSPS) is 10.7. The monoisotopic (exact) mass is 272 g/mol. The Morgan fingerprint density at radius 1 is 1.56 bits per heavy atom. The van der Waals surface area contributed by atoms with Gasteiger partial charge < -0.3 is 14.8 Å². The van der Waals surface area contributed by atoms with Crippen LogP contribution >= 0.6 is 11.3 Å². The van der Waals surface area contributed by atoms with Gasteiger partial charge in [-0.1, -0.05) is 0 Å². The second kappa shape index (κ2) is 8.05. The number of ether oxygens (including phenoxy) is 2. The predicted octanol–water partition coefficient (Wildman–Crippen LogP) is 2.09. The number of hydrogen-bond acceptors (Lipinski definition) is 6. The van der Waals surface area contributed by atoms with Gasteiger partial charge in [0.2, 0.25) is 0 Å². The third-order valence-electron chi connectivity index (χ3n) is 2.01. The first kappa shape index (κ1) is 14.9. The zero-order chi connectivity index (χ0) is 13.4. The van der Waals surface area contributed by atoms with E-state index in [-0.39, 0.29) is 18.5 Å². The van der Waals surface area contributed by atoms with E-state index in [1.807, 2.05) is 19.2 Å². The lowest BCUT2D eigenvalue weighted by Gasteiger charge is -2.07. The minimum absolute atomic E-state index is 0.231. The lowest BCUT2D eigenvalue weighted by Crippen LogP contribution is -2.13.